The summed E-state index contributed by atoms with van der Waals surface area (Å²) in [5.74, 6) is 1.62. The van der Waals surface area contributed by atoms with Crippen molar-refractivity contribution in [2.75, 3.05) is 0 Å². The van der Waals surface area contributed by atoms with Crippen LogP contribution in [0.4, 0.5) is 0 Å². The van der Waals surface area contributed by atoms with E-state index < -0.39 is 0 Å². The summed E-state index contributed by atoms with van der Waals surface area (Å²) in [4.78, 5) is 0. The predicted octanol–water partition coefficient (Wildman–Crippen LogP) is 7.26. The molecule has 0 saturated carbocycles. The van der Waals surface area contributed by atoms with Crippen LogP contribution in [0.25, 0.3) is 5.57 Å². The van der Waals surface area contributed by atoms with Crippen LogP contribution in [-0.4, -0.2) is 13.2 Å². The number of nitrogens with one attached hydrogen (secondary N) is 1. The normalized spacial score (nSPS) is 16.4. The Morgan fingerprint density at radius 3 is 2.47 bits per heavy atom. The maximum atomic E-state index is 4.47. The van der Waals surface area contributed by atoms with Crippen molar-refractivity contribution >= 4 is 12.9 Å². The molecule has 1 aromatic carbocycles. The molecule has 2 heteroatoms. The van der Waals surface area contributed by atoms with Gasteiger partial charge in [0.15, 0.2) is 0 Å². The number of hydrogen-bond donors (Lipinski definition) is 1. The summed E-state index contributed by atoms with van der Waals surface area (Å²) >= 11 is 0. The van der Waals surface area contributed by atoms with E-state index in [-0.39, 0.29) is 0 Å². The standard InChI is InChI=1S/C28H41BN/c1-19(2)12-13-24(8)30-28-17-25-10-9-11-26(27(25)18-29-28)23(7)16-22(6)15-21(5)14-20(3)4/h9-11,20,22,28,30H,1,5,7-8,12-18H2,2-4,6H3. The van der Waals surface area contributed by atoms with Crippen LogP contribution >= 0.6 is 0 Å². The van der Waals surface area contributed by atoms with Crippen LogP contribution in [0.3, 0.4) is 0 Å². The monoisotopic (exact) mass is 402 g/mol. The molecular weight excluding hydrogens is 361 g/mol. The summed E-state index contributed by atoms with van der Waals surface area (Å²) in [5, 5.41) is 3.61. The van der Waals surface area contributed by atoms with Crippen molar-refractivity contribution in [1.82, 2.24) is 5.32 Å². The third-order valence-corrected chi connectivity index (χ3v) is 5.87. The Balaban J connectivity index is 1.96. The van der Waals surface area contributed by atoms with E-state index in [0.29, 0.717) is 17.8 Å². The lowest BCUT2D eigenvalue weighted by Gasteiger charge is -2.29. The fourth-order valence-electron chi connectivity index (χ4n) is 4.54. The first-order valence-corrected chi connectivity index (χ1v) is 11.5. The third-order valence-electron chi connectivity index (χ3n) is 5.87. The minimum Gasteiger partial charge on any atom is -0.394 e. The summed E-state index contributed by atoms with van der Waals surface area (Å²) in [6.45, 7) is 25.9. The molecule has 1 heterocycles. The van der Waals surface area contributed by atoms with Crippen molar-refractivity contribution in [2.24, 2.45) is 11.8 Å². The van der Waals surface area contributed by atoms with E-state index >= 15 is 0 Å². The molecule has 0 amide bonds. The van der Waals surface area contributed by atoms with Crippen molar-refractivity contribution in [3.8, 4) is 0 Å². The fourth-order valence-corrected chi connectivity index (χ4v) is 4.54. The van der Waals surface area contributed by atoms with E-state index in [9.17, 15) is 0 Å². The Kier molecular flexibility index (Phi) is 9.27. The first-order chi connectivity index (χ1) is 14.2. The summed E-state index contributed by atoms with van der Waals surface area (Å²) in [6, 6.07) is 6.72. The molecule has 0 spiro atoms. The SMILES string of the molecule is C=C(C)CCC(=C)NC1[B]Cc2c(cccc2C(=C)CC(C)CC(=C)CC(C)C)C1. The highest BCUT2D eigenvalue weighted by Crippen LogP contribution is 2.31. The van der Waals surface area contributed by atoms with Crippen molar-refractivity contribution in [1.29, 1.82) is 0 Å². The van der Waals surface area contributed by atoms with E-state index in [1.54, 1.807) is 0 Å². The predicted molar refractivity (Wildman–Crippen MR) is 136 cm³/mol. The highest BCUT2D eigenvalue weighted by atomic mass is 14.9. The lowest BCUT2D eigenvalue weighted by atomic mass is 9.57. The molecule has 2 rings (SSSR count). The number of hydrogen-bond acceptors (Lipinski definition) is 1. The van der Waals surface area contributed by atoms with Crippen LogP contribution in [0, 0.1) is 11.8 Å². The van der Waals surface area contributed by atoms with Crippen LogP contribution in [0.5, 0.6) is 0 Å². The topological polar surface area (TPSA) is 12.0 Å². The maximum absolute atomic E-state index is 4.47. The quantitative estimate of drug-likeness (QED) is 0.286. The first kappa shape index (κ1) is 24.3. The van der Waals surface area contributed by atoms with Gasteiger partial charge in [0, 0.05) is 5.70 Å². The number of allylic oxidation sites excluding steroid dienone is 4. The van der Waals surface area contributed by atoms with Gasteiger partial charge in [0.25, 0.3) is 0 Å². The van der Waals surface area contributed by atoms with E-state index in [4.69, 9.17) is 0 Å². The second-order valence-electron chi connectivity index (χ2n) is 9.86. The van der Waals surface area contributed by atoms with Crippen LogP contribution in [0.2, 0.25) is 0 Å². The molecule has 30 heavy (non-hydrogen) atoms. The van der Waals surface area contributed by atoms with Gasteiger partial charge in [-0.3, -0.25) is 0 Å². The van der Waals surface area contributed by atoms with E-state index in [1.807, 2.05) is 0 Å². The van der Waals surface area contributed by atoms with Crippen LogP contribution in [-0.2, 0) is 12.7 Å². The molecule has 0 aromatic heterocycles. The van der Waals surface area contributed by atoms with Gasteiger partial charge in [-0.25, -0.2) is 0 Å². The minimum atomic E-state index is 0.358. The molecule has 1 aliphatic rings. The van der Waals surface area contributed by atoms with Gasteiger partial charge in [-0.1, -0.05) is 76.2 Å². The van der Waals surface area contributed by atoms with Crippen molar-refractivity contribution in [3.63, 3.8) is 0 Å². The molecular formula is C28H41BN. The van der Waals surface area contributed by atoms with Crippen molar-refractivity contribution in [2.45, 2.75) is 78.5 Å². The first-order valence-electron chi connectivity index (χ1n) is 11.5. The van der Waals surface area contributed by atoms with Crippen molar-refractivity contribution in [3.05, 3.63) is 78.0 Å². The molecule has 0 saturated heterocycles. The second kappa shape index (κ2) is 11.4. The molecule has 1 aliphatic heterocycles. The van der Waals surface area contributed by atoms with Gasteiger partial charge in [0.1, 0.15) is 7.28 Å². The average molecular weight is 402 g/mol. The third kappa shape index (κ3) is 7.71. The molecule has 1 aromatic rings. The Labute approximate surface area is 186 Å². The molecule has 2 atom stereocenters. The molecule has 1 N–H and O–H groups in total. The van der Waals surface area contributed by atoms with Crippen LogP contribution in [0.1, 0.15) is 76.5 Å². The van der Waals surface area contributed by atoms with Gasteiger partial charge in [-0.05, 0) is 85.5 Å². The summed E-state index contributed by atoms with van der Waals surface area (Å²) < 4.78 is 0. The highest BCUT2D eigenvalue weighted by molar-refractivity contribution is 6.38. The van der Waals surface area contributed by atoms with E-state index in [1.165, 1.54) is 33.4 Å². The summed E-state index contributed by atoms with van der Waals surface area (Å²) in [6.07, 6.45) is 7.22. The summed E-state index contributed by atoms with van der Waals surface area (Å²) in [7, 11) is 2.40. The number of fused-ring (bicyclic) bond motifs is 1. The maximum Gasteiger partial charge on any atom is 0.146 e. The Morgan fingerprint density at radius 2 is 1.80 bits per heavy atom. The molecule has 2 unspecified atom stereocenters. The fraction of sp³-hybridized carbons (Fsp3) is 0.500. The van der Waals surface area contributed by atoms with Gasteiger partial charge in [-0.2, -0.15) is 0 Å². The van der Waals surface area contributed by atoms with Gasteiger partial charge in [0.2, 0.25) is 0 Å². The molecule has 0 bridgehead atoms. The van der Waals surface area contributed by atoms with Crippen LogP contribution < -0.4 is 5.32 Å². The zero-order valence-electron chi connectivity index (χ0n) is 19.8. The lowest BCUT2D eigenvalue weighted by Crippen LogP contribution is -2.40. The number of rotatable bonds is 12. The molecule has 1 nitrogen and oxygen atoms in total. The highest BCUT2D eigenvalue weighted by Gasteiger charge is 2.23. The van der Waals surface area contributed by atoms with Crippen LogP contribution in [0.15, 0.2) is 61.4 Å². The molecule has 1 radical (unpaired) electrons. The number of benzene rings is 1. The van der Waals surface area contributed by atoms with Crippen molar-refractivity contribution < 1.29 is 0 Å². The van der Waals surface area contributed by atoms with Gasteiger partial charge >= 0.3 is 0 Å². The largest absolute Gasteiger partial charge is 0.394 e. The Hall–Kier alpha value is -1.96. The van der Waals surface area contributed by atoms with Gasteiger partial charge in [0.05, 0.1) is 0 Å². The van der Waals surface area contributed by atoms with Gasteiger partial charge in [-0.15, -0.1) is 6.58 Å². The molecule has 0 fully saturated rings. The second-order valence-corrected chi connectivity index (χ2v) is 9.86. The lowest BCUT2D eigenvalue weighted by molar-refractivity contribution is 0.548. The molecule has 0 aliphatic carbocycles. The van der Waals surface area contributed by atoms with E-state index in [2.05, 4.69) is 84.8 Å². The smallest absolute Gasteiger partial charge is 0.146 e. The van der Waals surface area contributed by atoms with E-state index in [0.717, 1.165) is 50.5 Å². The average Bonchev–Trinajstić information content (AvgIpc) is 2.64. The van der Waals surface area contributed by atoms with Gasteiger partial charge < -0.3 is 5.32 Å². The minimum absolute atomic E-state index is 0.358. The zero-order valence-corrected chi connectivity index (χ0v) is 19.8. The Morgan fingerprint density at radius 1 is 1.07 bits per heavy atom. The molecule has 161 valence electrons. The zero-order chi connectivity index (χ0) is 22.3. The summed E-state index contributed by atoms with van der Waals surface area (Å²) in [5.41, 5.74) is 9.21. The Bertz CT molecular complexity index is 786.